The molecular weight excluding hydrogens is 247 g/mol. The van der Waals surface area contributed by atoms with Crippen LogP contribution in [0, 0.1) is 5.82 Å². The number of pyridine rings is 1. The van der Waals surface area contributed by atoms with E-state index in [0.717, 1.165) is 12.7 Å². The molecular formula is C14H23FN2O2. The van der Waals surface area contributed by atoms with Crippen LogP contribution in [0.4, 0.5) is 4.39 Å². The summed E-state index contributed by atoms with van der Waals surface area (Å²) in [5, 5.41) is 9.13. The third-order valence-corrected chi connectivity index (χ3v) is 2.98. The number of hydrogen-bond donors (Lipinski definition) is 1. The van der Waals surface area contributed by atoms with Crippen molar-refractivity contribution in [1.29, 1.82) is 0 Å². The highest BCUT2D eigenvalue weighted by atomic mass is 19.1. The predicted molar refractivity (Wildman–Crippen MR) is 72.6 cm³/mol. The Morgan fingerprint density at radius 2 is 1.95 bits per heavy atom. The summed E-state index contributed by atoms with van der Waals surface area (Å²) in [4.78, 5) is 6.15. The summed E-state index contributed by atoms with van der Waals surface area (Å²) >= 11 is 0. The van der Waals surface area contributed by atoms with Crippen molar-refractivity contribution in [2.45, 2.75) is 46.4 Å². The first-order valence-corrected chi connectivity index (χ1v) is 6.59. The van der Waals surface area contributed by atoms with Crippen LogP contribution in [-0.4, -0.2) is 40.2 Å². The first-order valence-electron chi connectivity index (χ1n) is 6.59. The van der Waals surface area contributed by atoms with Gasteiger partial charge in [0.25, 0.3) is 0 Å². The van der Waals surface area contributed by atoms with E-state index < -0.39 is 5.82 Å². The van der Waals surface area contributed by atoms with E-state index >= 15 is 0 Å². The fraction of sp³-hybridized carbons (Fsp3) is 0.643. The minimum Gasteiger partial charge on any atom is -0.476 e. The lowest BCUT2D eigenvalue weighted by Crippen LogP contribution is -2.39. The number of aromatic nitrogens is 1. The van der Waals surface area contributed by atoms with E-state index in [1.54, 1.807) is 0 Å². The largest absolute Gasteiger partial charge is 0.476 e. The Bertz CT molecular complexity index is 389. The van der Waals surface area contributed by atoms with Crippen molar-refractivity contribution in [3.63, 3.8) is 0 Å². The van der Waals surface area contributed by atoms with Gasteiger partial charge >= 0.3 is 0 Å². The van der Waals surface area contributed by atoms with Gasteiger partial charge in [-0.2, -0.15) is 0 Å². The zero-order chi connectivity index (χ0) is 14.4. The summed E-state index contributed by atoms with van der Waals surface area (Å²) in [6.07, 6.45) is 1.09. The minimum atomic E-state index is -0.470. The van der Waals surface area contributed by atoms with Crippen LogP contribution in [0.5, 0.6) is 5.88 Å². The van der Waals surface area contributed by atoms with Crippen molar-refractivity contribution < 1.29 is 14.2 Å². The highest BCUT2D eigenvalue weighted by Gasteiger charge is 2.13. The average Bonchev–Trinajstić information content (AvgIpc) is 2.34. The maximum Gasteiger partial charge on any atom is 0.219 e. The third kappa shape index (κ3) is 4.76. The summed E-state index contributed by atoms with van der Waals surface area (Å²) in [5.41, 5.74) is 0.376. The van der Waals surface area contributed by atoms with E-state index in [9.17, 15) is 4.39 Å². The predicted octanol–water partition coefficient (Wildman–Crippen LogP) is 2.21. The van der Waals surface area contributed by atoms with Gasteiger partial charge in [-0.1, -0.05) is 0 Å². The molecule has 1 N–H and O–H groups in total. The van der Waals surface area contributed by atoms with Crippen LogP contribution in [0.3, 0.4) is 0 Å². The summed E-state index contributed by atoms with van der Waals surface area (Å²) in [7, 11) is 0. The van der Waals surface area contributed by atoms with E-state index in [1.807, 2.05) is 0 Å². The van der Waals surface area contributed by atoms with Crippen molar-refractivity contribution >= 4 is 0 Å². The zero-order valence-electron chi connectivity index (χ0n) is 12.1. The van der Waals surface area contributed by atoms with E-state index in [2.05, 4.69) is 37.6 Å². The Kier molecular flexibility index (Phi) is 6.18. The quantitative estimate of drug-likeness (QED) is 0.825. The second-order valence-electron chi connectivity index (χ2n) is 5.05. The second-order valence-corrected chi connectivity index (χ2v) is 5.05. The van der Waals surface area contributed by atoms with E-state index in [4.69, 9.17) is 9.84 Å². The van der Waals surface area contributed by atoms with E-state index in [-0.39, 0.29) is 6.61 Å². The molecule has 108 valence electrons. The lowest BCUT2D eigenvalue weighted by Gasteiger charge is -2.30. The van der Waals surface area contributed by atoms with Gasteiger partial charge in [0.05, 0.1) is 12.8 Å². The number of halogens is 1. The van der Waals surface area contributed by atoms with E-state index in [1.165, 1.54) is 6.07 Å². The summed E-state index contributed by atoms with van der Waals surface area (Å²) in [6, 6.07) is 2.11. The van der Waals surface area contributed by atoms with Crippen molar-refractivity contribution in [3.8, 4) is 5.88 Å². The number of nitrogens with zero attached hydrogens (tertiary/aromatic N) is 2. The fourth-order valence-electron chi connectivity index (χ4n) is 2.07. The molecule has 0 aromatic carbocycles. The minimum absolute atomic E-state index is 0.280. The SMILES string of the molecule is CC(C)N(CCOc1ncc(F)cc1CO)C(C)C. The van der Waals surface area contributed by atoms with Crippen LogP contribution in [0.1, 0.15) is 33.3 Å². The molecule has 0 aliphatic carbocycles. The van der Waals surface area contributed by atoms with Crippen LogP contribution >= 0.6 is 0 Å². The summed E-state index contributed by atoms with van der Waals surface area (Å²) in [6.45, 7) is 9.48. The number of ether oxygens (including phenoxy) is 1. The first-order chi connectivity index (χ1) is 8.95. The molecule has 0 unspecified atom stereocenters. The lowest BCUT2D eigenvalue weighted by molar-refractivity contribution is 0.138. The van der Waals surface area contributed by atoms with Crippen LogP contribution in [0.2, 0.25) is 0 Å². The monoisotopic (exact) mass is 270 g/mol. The highest BCUT2D eigenvalue weighted by molar-refractivity contribution is 5.25. The second kappa shape index (κ2) is 7.40. The standard InChI is InChI=1S/C14H23FN2O2/c1-10(2)17(11(3)4)5-6-19-14-12(9-18)7-13(15)8-16-14/h7-8,10-11,18H,5-6,9H2,1-4H3. The van der Waals surface area contributed by atoms with Crippen molar-refractivity contribution in [1.82, 2.24) is 9.88 Å². The molecule has 0 aliphatic heterocycles. The van der Waals surface area contributed by atoms with Gasteiger partial charge in [0.2, 0.25) is 5.88 Å². The molecule has 4 nitrogen and oxygen atoms in total. The van der Waals surface area contributed by atoms with Gasteiger partial charge in [0, 0.05) is 24.2 Å². The molecule has 5 heteroatoms. The first kappa shape index (κ1) is 15.9. The molecule has 1 aromatic heterocycles. The highest BCUT2D eigenvalue weighted by Crippen LogP contribution is 2.16. The third-order valence-electron chi connectivity index (χ3n) is 2.98. The average molecular weight is 270 g/mol. The van der Waals surface area contributed by atoms with Crippen molar-refractivity contribution in [2.24, 2.45) is 0 Å². The Labute approximate surface area is 114 Å². The van der Waals surface area contributed by atoms with Gasteiger partial charge in [-0.3, -0.25) is 4.90 Å². The lowest BCUT2D eigenvalue weighted by atomic mass is 10.2. The molecule has 1 rings (SSSR count). The fourth-order valence-corrected chi connectivity index (χ4v) is 2.07. The smallest absolute Gasteiger partial charge is 0.219 e. The zero-order valence-corrected chi connectivity index (χ0v) is 12.1. The molecule has 0 saturated carbocycles. The van der Waals surface area contributed by atoms with Gasteiger partial charge in [0.1, 0.15) is 12.4 Å². The van der Waals surface area contributed by atoms with Crippen molar-refractivity contribution in [3.05, 3.63) is 23.6 Å². The van der Waals surface area contributed by atoms with E-state index in [0.29, 0.717) is 30.1 Å². The van der Waals surface area contributed by atoms with Gasteiger partial charge < -0.3 is 9.84 Å². The maximum atomic E-state index is 13.0. The Hall–Kier alpha value is -1.20. The molecule has 0 fully saturated rings. The van der Waals surface area contributed by atoms with Crippen LogP contribution in [0.15, 0.2) is 12.3 Å². The number of rotatable bonds is 7. The van der Waals surface area contributed by atoms with Crippen LogP contribution < -0.4 is 4.74 Å². The summed E-state index contributed by atoms with van der Waals surface area (Å²) in [5.74, 6) is -0.168. The molecule has 0 radical (unpaired) electrons. The molecule has 19 heavy (non-hydrogen) atoms. The molecule has 0 amide bonds. The van der Waals surface area contributed by atoms with Gasteiger partial charge in [-0.05, 0) is 33.8 Å². The molecule has 0 spiro atoms. The normalized spacial score (nSPS) is 11.6. The molecule has 1 heterocycles. The van der Waals surface area contributed by atoms with Crippen molar-refractivity contribution in [2.75, 3.05) is 13.2 Å². The van der Waals surface area contributed by atoms with Gasteiger partial charge in [-0.25, -0.2) is 9.37 Å². The molecule has 1 aromatic rings. The number of hydrogen-bond acceptors (Lipinski definition) is 4. The van der Waals surface area contributed by atoms with Crippen LogP contribution in [0.25, 0.3) is 0 Å². The Balaban J connectivity index is 2.57. The molecule has 0 atom stereocenters. The molecule has 0 saturated heterocycles. The number of aliphatic hydroxyl groups excluding tert-OH is 1. The molecule has 0 aliphatic rings. The Morgan fingerprint density at radius 3 is 2.47 bits per heavy atom. The van der Waals surface area contributed by atoms with Gasteiger partial charge in [-0.15, -0.1) is 0 Å². The Morgan fingerprint density at radius 1 is 1.32 bits per heavy atom. The number of aliphatic hydroxyl groups is 1. The van der Waals surface area contributed by atoms with Crippen LogP contribution in [-0.2, 0) is 6.61 Å². The van der Waals surface area contributed by atoms with Gasteiger partial charge in [0.15, 0.2) is 0 Å². The maximum absolute atomic E-state index is 13.0. The topological polar surface area (TPSA) is 45.6 Å². The molecule has 0 bridgehead atoms. The summed E-state index contributed by atoms with van der Waals surface area (Å²) < 4.78 is 18.5.